The Morgan fingerprint density at radius 2 is 2.00 bits per heavy atom. The molecule has 0 aliphatic heterocycles. The van der Waals surface area contributed by atoms with Crippen LogP contribution in [-0.4, -0.2) is 5.91 Å². The zero-order chi connectivity index (χ0) is 17.7. The lowest BCUT2D eigenvalue weighted by molar-refractivity contribution is -0.112. The van der Waals surface area contributed by atoms with Gasteiger partial charge in [0.1, 0.15) is 11.6 Å². The highest BCUT2D eigenvalue weighted by Gasteiger charge is 2.10. The highest BCUT2D eigenvalue weighted by atomic mass is 35.5. The first kappa shape index (κ1) is 17.4. The number of rotatable bonds is 4. The fraction of sp³-hybridized carbons (Fsp3) is 0.111. The van der Waals surface area contributed by atoms with Crippen LogP contribution in [0.3, 0.4) is 0 Å². The van der Waals surface area contributed by atoms with E-state index < -0.39 is 5.91 Å². The van der Waals surface area contributed by atoms with Crippen LogP contribution in [0.4, 0.5) is 17.1 Å². The van der Waals surface area contributed by atoms with Gasteiger partial charge in [-0.3, -0.25) is 4.79 Å². The number of carbonyl (C=O) groups excluding carboxylic acids is 1. The molecule has 0 bridgehead atoms. The Balaban J connectivity index is 2.15. The smallest absolute Gasteiger partial charge is 0.267 e. The molecule has 0 spiro atoms. The minimum atomic E-state index is -0.531. The maximum Gasteiger partial charge on any atom is 0.267 e. The highest BCUT2D eigenvalue weighted by Crippen LogP contribution is 2.21. The van der Waals surface area contributed by atoms with Gasteiger partial charge in [0.05, 0.1) is 11.4 Å². The van der Waals surface area contributed by atoms with Gasteiger partial charge in [0.25, 0.3) is 5.91 Å². The summed E-state index contributed by atoms with van der Waals surface area (Å²) in [4.78, 5) is 12.2. The Kier molecular flexibility index (Phi) is 5.46. The van der Waals surface area contributed by atoms with Crippen LogP contribution in [0.1, 0.15) is 11.1 Å². The third kappa shape index (κ3) is 4.28. The Hall–Kier alpha value is -2.97. The number of halogens is 1. The molecule has 4 N–H and O–H groups in total. The summed E-state index contributed by atoms with van der Waals surface area (Å²) in [5.41, 5.74) is 9.38. The molecule has 0 atom stereocenters. The second kappa shape index (κ2) is 7.53. The second-order valence-corrected chi connectivity index (χ2v) is 5.73. The van der Waals surface area contributed by atoms with Crippen molar-refractivity contribution in [3.63, 3.8) is 0 Å². The third-order valence-corrected chi connectivity index (χ3v) is 3.78. The zero-order valence-corrected chi connectivity index (χ0v) is 14.1. The number of nitriles is 1. The minimum absolute atomic E-state index is 0.0763. The molecule has 0 aliphatic rings. The molecule has 0 unspecified atom stereocenters. The van der Waals surface area contributed by atoms with Crippen LogP contribution in [0.15, 0.2) is 48.2 Å². The van der Waals surface area contributed by atoms with Crippen LogP contribution >= 0.6 is 11.6 Å². The van der Waals surface area contributed by atoms with E-state index in [9.17, 15) is 10.1 Å². The van der Waals surface area contributed by atoms with E-state index in [-0.39, 0.29) is 5.57 Å². The molecule has 0 saturated heterocycles. The van der Waals surface area contributed by atoms with Gasteiger partial charge in [-0.25, -0.2) is 0 Å². The zero-order valence-electron chi connectivity index (χ0n) is 13.4. The van der Waals surface area contributed by atoms with E-state index in [1.54, 1.807) is 24.3 Å². The summed E-state index contributed by atoms with van der Waals surface area (Å²) in [6.45, 7) is 3.79. The largest absolute Gasteiger partial charge is 0.397 e. The molecule has 1 amide bonds. The van der Waals surface area contributed by atoms with Gasteiger partial charge in [0.2, 0.25) is 0 Å². The molecule has 2 aromatic carbocycles. The standard InChI is InChI=1S/C18H17ClN4O/c1-11-3-6-16(21)17(7-11)22-10-13(9-20)18(24)23-14-5-4-12(2)15(19)8-14/h3-8,10,22H,21H2,1-2H3,(H,23,24)/b13-10-. The summed E-state index contributed by atoms with van der Waals surface area (Å²) in [7, 11) is 0. The Labute approximate surface area is 145 Å². The number of anilines is 3. The molecule has 5 nitrogen and oxygen atoms in total. The van der Waals surface area contributed by atoms with E-state index >= 15 is 0 Å². The predicted octanol–water partition coefficient (Wildman–Crippen LogP) is 4.00. The lowest BCUT2D eigenvalue weighted by Crippen LogP contribution is -2.14. The molecule has 2 aromatic rings. The Morgan fingerprint density at radius 1 is 1.25 bits per heavy atom. The van der Waals surface area contributed by atoms with Gasteiger partial charge in [-0.2, -0.15) is 5.26 Å². The van der Waals surface area contributed by atoms with Crippen molar-refractivity contribution in [3.8, 4) is 6.07 Å². The average Bonchev–Trinajstić information content (AvgIpc) is 2.54. The molecule has 0 aromatic heterocycles. The summed E-state index contributed by atoms with van der Waals surface area (Å²) in [6.07, 6.45) is 1.33. The molecule has 2 rings (SSSR count). The number of nitrogen functional groups attached to an aromatic ring is 1. The van der Waals surface area contributed by atoms with Gasteiger partial charge in [0, 0.05) is 16.9 Å². The highest BCUT2D eigenvalue weighted by molar-refractivity contribution is 6.31. The van der Waals surface area contributed by atoms with Crippen LogP contribution in [0, 0.1) is 25.2 Å². The number of benzene rings is 2. The minimum Gasteiger partial charge on any atom is -0.397 e. The van der Waals surface area contributed by atoms with E-state index in [1.165, 1.54) is 6.20 Å². The van der Waals surface area contributed by atoms with Crippen molar-refractivity contribution in [2.24, 2.45) is 0 Å². The number of nitrogens with two attached hydrogens (primary N) is 1. The maximum absolute atomic E-state index is 12.2. The van der Waals surface area contributed by atoms with E-state index in [1.807, 2.05) is 32.0 Å². The van der Waals surface area contributed by atoms with E-state index in [2.05, 4.69) is 10.6 Å². The van der Waals surface area contributed by atoms with Gasteiger partial charge in [0.15, 0.2) is 0 Å². The molecular weight excluding hydrogens is 324 g/mol. The van der Waals surface area contributed by atoms with Crippen molar-refractivity contribution < 1.29 is 4.79 Å². The quantitative estimate of drug-likeness (QED) is 0.445. The fourth-order valence-electron chi connectivity index (χ4n) is 1.96. The van der Waals surface area contributed by atoms with Crippen molar-refractivity contribution in [3.05, 3.63) is 64.3 Å². The molecule has 0 saturated carbocycles. The van der Waals surface area contributed by atoms with Crippen LogP contribution in [0.5, 0.6) is 0 Å². The molecule has 122 valence electrons. The molecule has 24 heavy (non-hydrogen) atoms. The van der Waals surface area contributed by atoms with Crippen molar-refractivity contribution in [1.29, 1.82) is 5.26 Å². The first-order valence-corrected chi connectivity index (χ1v) is 7.59. The normalized spacial score (nSPS) is 10.8. The number of aryl methyl sites for hydroxylation is 2. The molecule has 0 aliphatic carbocycles. The second-order valence-electron chi connectivity index (χ2n) is 5.32. The summed E-state index contributed by atoms with van der Waals surface area (Å²) in [5, 5.41) is 15.3. The number of nitrogens with zero attached hydrogens (tertiary/aromatic N) is 1. The van der Waals surface area contributed by atoms with Crippen LogP contribution in [0.2, 0.25) is 5.02 Å². The molecular formula is C18H17ClN4O. The van der Waals surface area contributed by atoms with E-state index in [0.29, 0.717) is 22.1 Å². The monoisotopic (exact) mass is 340 g/mol. The molecule has 0 fully saturated rings. The Bertz CT molecular complexity index is 853. The van der Waals surface area contributed by atoms with Gasteiger partial charge in [-0.15, -0.1) is 0 Å². The van der Waals surface area contributed by atoms with E-state index in [4.69, 9.17) is 17.3 Å². The molecule has 0 heterocycles. The van der Waals surface area contributed by atoms with Crippen LogP contribution < -0.4 is 16.4 Å². The fourth-order valence-corrected chi connectivity index (χ4v) is 2.14. The summed E-state index contributed by atoms with van der Waals surface area (Å²) in [6, 6.07) is 12.5. The first-order chi connectivity index (χ1) is 11.4. The lowest BCUT2D eigenvalue weighted by atomic mass is 10.2. The van der Waals surface area contributed by atoms with E-state index in [0.717, 1.165) is 11.1 Å². The Morgan fingerprint density at radius 3 is 2.67 bits per heavy atom. The van der Waals surface area contributed by atoms with Crippen LogP contribution in [0.25, 0.3) is 0 Å². The summed E-state index contributed by atoms with van der Waals surface area (Å²) < 4.78 is 0. The van der Waals surface area contributed by atoms with Gasteiger partial charge >= 0.3 is 0 Å². The van der Waals surface area contributed by atoms with Crippen molar-refractivity contribution >= 4 is 34.6 Å². The van der Waals surface area contributed by atoms with Crippen molar-refractivity contribution in [1.82, 2.24) is 0 Å². The number of amides is 1. The number of hydrogen-bond acceptors (Lipinski definition) is 4. The predicted molar refractivity (Wildman–Crippen MR) is 97.7 cm³/mol. The molecule has 0 radical (unpaired) electrons. The van der Waals surface area contributed by atoms with Crippen molar-refractivity contribution in [2.75, 3.05) is 16.4 Å². The average molecular weight is 341 g/mol. The number of hydrogen-bond donors (Lipinski definition) is 3. The topological polar surface area (TPSA) is 90.9 Å². The van der Waals surface area contributed by atoms with Gasteiger partial charge in [-0.05, 0) is 49.2 Å². The van der Waals surface area contributed by atoms with Crippen LogP contribution in [-0.2, 0) is 4.79 Å². The molecule has 6 heteroatoms. The lowest BCUT2D eigenvalue weighted by Gasteiger charge is -2.08. The summed E-state index contributed by atoms with van der Waals surface area (Å²) in [5.74, 6) is -0.531. The SMILES string of the molecule is Cc1ccc(N)c(N/C=C(/C#N)C(=O)Nc2ccc(C)c(Cl)c2)c1. The number of carbonyl (C=O) groups is 1. The number of nitrogens with one attached hydrogen (secondary N) is 2. The third-order valence-electron chi connectivity index (χ3n) is 3.38. The summed E-state index contributed by atoms with van der Waals surface area (Å²) >= 11 is 6.03. The van der Waals surface area contributed by atoms with Gasteiger partial charge in [-0.1, -0.05) is 23.7 Å². The van der Waals surface area contributed by atoms with Crippen molar-refractivity contribution in [2.45, 2.75) is 13.8 Å². The maximum atomic E-state index is 12.2. The van der Waals surface area contributed by atoms with Gasteiger partial charge < -0.3 is 16.4 Å². The first-order valence-electron chi connectivity index (χ1n) is 7.21.